The maximum absolute atomic E-state index is 12.0. The second-order valence-electron chi connectivity index (χ2n) is 5.11. The number of phenolic OH excluding ortho intramolecular Hbond substituents is 1. The van der Waals surface area contributed by atoms with Crippen LogP contribution in [0.3, 0.4) is 0 Å². The van der Waals surface area contributed by atoms with E-state index in [0.717, 1.165) is 23.3 Å². The molecule has 2 rings (SSSR count). The molecule has 2 unspecified atom stereocenters. The van der Waals surface area contributed by atoms with Gasteiger partial charge in [0.25, 0.3) is 0 Å². The summed E-state index contributed by atoms with van der Waals surface area (Å²) in [4.78, 5) is 12.9. The molecular formula is C16H20N2O2S. The monoisotopic (exact) mass is 304 g/mol. The Balaban J connectivity index is 1.80. The number of phenols is 1. The van der Waals surface area contributed by atoms with Crippen LogP contribution < -0.4 is 11.1 Å². The van der Waals surface area contributed by atoms with Crippen molar-refractivity contribution < 1.29 is 9.90 Å². The van der Waals surface area contributed by atoms with Crippen LogP contribution in [0.2, 0.25) is 0 Å². The van der Waals surface area contributed by atoms with Crippen LogP contribution in [0.5, 0.6) is 5.75 Å². The molecule has 0 saturated heterocycles. The van der Waals surface area contributed by atoms with Gasteiger partial charge in [-0.2, -0.15) is 0 Å². The highest BCUT2D eigenvalue weighted by Crippen LogP contribution is 2.17. The van der Waals surface area contributed by atoms with Gasteiger partial charge in [0, 0.05) is 10.9 Å². The lowest BCUT2D eigenvalue weighted by atomic mass is 10.1. The highest BCUT2D eigenvalue weighted by Gasteiger charge is 2.18. The smallest absolute Gasteiger partial charge is 0.242 e. The molecule has 0 radical (unpaired) electrons. The van der Waals surface area contributed by atoms with Crippen molar-refractivity contribution in [2.24, 2.45) is 5.73 Å². The molecule has 1 amide bonds. The molecule has 2 aromatic rings. The Morgan fingerprint density at radius 2 is 2.05 bits per heavy atom. The average Bonchev–Trinajstić information content (AvgIpc) is 3.00. The minimum absolute atomic E-state index is 0.0531. The maximum atomic E-state index is 12.0. The average molecular weight is 304 g/mol. The molecule has 4 N–H and O–H groups in total. The number of benzene rings is 1. The van der Waals surface area contributed by atoms with E-state index in [1.54, 1.807) is 12.1 Å². The van der Waals surface area contributed by atoms with E-state index in [1.807, 2.05) is 36.6 Å². The maximum Gasteiger partial charge on any atom is 0.242 e. The zero-order chi connectivity index (χ0) is 15.2. The lowest BCUT2D eigenvalue weighted by Gasteiger charge is -2.17. The van der Waals surface area contributed by atoms with Crippen LogP contribution in [0.25, 0.3) is 0 Å². The first-order valence-electron chi connectivity index (χ1n) is 6.93. The van der Waals surface area contributed by atoms with Gasteiger partial charge in [-0.05, 0) is 48.9 Å². The van der Waals surface area contributed by atoms with Crippen molar-refractivity contribution in [2.75, 3.05) is 0 Å². The number of hydrogen-bond donors (Lipinski definition) is 3. The Bertz CT molecular complexity index is 566. The van der Waals surface area contributed by atoms with Crippen LogP contribution >= 0.6 is 11.3 Å². The van der Waals surface area contributed by atoms with E-state index in [2.05, 4.69) is 5.32 Å². The summed E-state index contributed by atoms with van der Waals surface area (Å²) in [5.74, 6) is 0.123. The Kier molecular flexibility index (Phi) is 5.36. The van der Waals surface area contributed by atoms with Gasteiger partial charge in [0.15, 0.2) is 0 Å². The van der Waals surface area contributed by atoms with Crippen LogP contribution in [-0.2, 0) is 11.2 Å². The fourth-order valence-electron chi connectivity index (χ4n) is 2.05. The van der Waals surface area contributed by atoms with Gasteiger partial charge in [-0.25, -0.2) is 0 Å². The van der Waals surface area contributed by atoms with E-state index < -0.39 is 6.04 Å². The predicted octanol–water partition coefficient (Wildman–Crippen LogP) is 2.59. The van der Waals surface area contributed by atoms with E-state index >= 15 is 0 Å². The second kappa shape index (κ2) is 7.24. The lowest BCUT2D eigenvalue weighted by molar-refractivity contribution is -0.123. The summed E-state index contributed by atoms with van der Waals surface area (Å²) < 4.78 is 0. The molecule has 5 heteroatoms. The van der Waals surface area contributed by atoms with Gasteiger partial charge < -0.3 is 16.2 Å². The molecule has 21 heavy (non-hydrogen) atoms. The number of thiophene rings is 1. The fraction of sp³-hybridized carbons (Fsp3) is 0.312. The molecule has 0 fully saturated rings. The molecule has 0 aliphatic heterocycles. The molecule has 1 aromatic heterocycles. The van der Waals surface area contributed by atoms with Crippen molar-refractivity contribution in [1.82, 2.24) is 5.32 Å². The van der Waals surface area contributed by atoms with Crippen molar-refractivity contribution in [1.29, 1.82) is 0 Å². The molecule has 2 atom stereocenters. The van der Waals surface area contributed by atoms with Crippen molar-refractivity contribution in [2.45, 2.75) is 31.8 Å². The summed E-state index contributed by atoms with van der Waals surface area (Å²) >= 11 is 1.49. The number of aryl methyl sites for hydroxylation is 1. The first kappa shape index (κ1) is 15.5. The Morgan fingerprint density at radius 1 is 1.33 bits per heavy atom. The zero-order valence-electron chi connectivity index (χ0n) is 12.0. The number of carbonyl (C=O) groups is 1. The quantitative estimate of drug-likeness (QED) is 0.768. The normalized spacial score (nSPS) is 13.6. The number of hydrogen-bond acceptors (Lipinski definition) is 4. The van der Waals surface area contributed by atoms with Crippen LogP contribution in [0, 0.1) is 0 Å². The van der Waals surface area contributed by atoms with E-state index in [4.69, 9.17) is 5.73 Å². The molecule has 0 aliphatic rings. The summed E-state index contributed by atoms with van der Waals surface area (Å²) in [6, 6.07) is 10.3. The molecule has 1 heterocycles. The molecule has 0 saturated carbocycles. The molecular weight excluding hydrogens is 284 g/mol. The highest BCUT2D eigenvalue weighted by atomic mass is 32.1. The van der Waals surface area contributed by atoms with Crippen molar-refractivity contribution in [3.05, 3.63) is 52.2 Å². The number of nitrogens with two attached hydrogens (primary N) is 1. The summed E-state index contributed by atoms with van der Waals surface area (Å²) in [6.45, 7) is 1.97. The first-order chi connectivity index (χ1) is 10.1. The van der Waals surface area contributed by atoms with E-state index in [9.17, 15) is 9.90 Å². The molecule has 4 nitrogen and oxygen atoms in total. The van der Waals surface area contributed by atoms with Crippen molar-refractivity contribution in [3.8, 4) is 5.75 Å². The van der Waals surface area contributed by atoms with Crippen LogP contribution in [0.4, 0.5) is 0 Å². The highest BCUT2D eigenvalue weighted by molar-refractivity contribution is 7.10. The SMILES string of the molecule is CC(CCc1ccc(O)cc1)NC(=O)C(N)c1cccs1. The third kappa shape index (κ3) is 4.58. The Labute approximate surface area is 128 Å². The second-order valence-corrected chi connectivity index (χ2v) is 6.09. The third-order valence-electron chi connectivity index (χ3n) is 3.32. The molecule has 1 aromatic carbocycles. The van der Waals surface area contributed by atoms with E-state index in [1.165, 1.54) is 11.3 Å². The Hall–Kier alpha value is -1.85. The minimum atomic E-state index is -0.596. The van der Waals surface area contributed by atoms with Gasteiger partial charge in [0.2, 0.25) is 5.91 Å². The summed E-state index contributed by atoms with van der Waals surface area (Å²) in [7, 11) is 0. The molecule has 0 spiro atoms. The topological polar surface area (TPSA) is 75.3 Å². The summed E-state index contributed by atoms with van der Waals surface area (Å²) in [5.41, 5.74) is 7.06. The van der Waals surface area contributed by atoms with Crippen molar-refractivity contribution >= 4 is 17.2 Å². The van der Waals surface area contributed by atoms with Crippen LogP contribution in [0.1, 0.15) is 29.8 Å². The van der Waals surface area contributed by atoms with E-state index in [-0.39, 0.29) is 17.7 Å². The van der Waals surface area contributed by atoms with Crippen LogP contribution in [0.15, 0.2) is 41.8 Å². The Morgan fingerprint density at radius 3 is 2.67 bits per heavy atom. The van der Waals surface area contributed by atoms with Crippen molar-refractivity contribution in [3.63, 3.8) is 0 Å². The van der Waals surface area contributed by atoms with Gasteiger partial charge >= 0.3 is 0 Å². The number of rotatable bonds is 6. The molecule has 0 aliphatic carbocycles. The van der Waals surface area contributed by atoms with Gasteiger partial charge in [0.1, 0.15) is 11.8 Å². The number of amides is 1. The minimum Gasteiger partial charge on any atom is -0.508 e. The van der Waals surface area contributed by atoms with Crippen LogP contribution in [-0.4, -0.2) is 17.1 Å². The zero-order valence-corrected chi connectivity index (χ0v) is 12.8. The number of aromatic hydroxyl groups is 1. The summed E-state index contributed by atoms with van der Waals surface area (Å²) in [6.07, 6.45) is 1.67. The predicted molar refractivity (Wildman–Crippen MR) is 85.3 cm³/mol. The third-order valence-corrected chi connectivity index (χ3v) is 4.28. The van der Waals surface area contributed by atoms with Gasteiger partial charge in [-0.1, -0.05) is 18.2 Å². The van der Waals surface area contributed by atoms with Gasteiger partial charge in [0.05, 0.1) is 0 Å². The largest absolute Gasteiger partial charge is 0.508 e. The fourth-order valence-corrected chi connectivity index (χ4v) is 2.77. The standard InChI is InChI=1S/C16H20N2O2S/c1-11(4-5-12-6-8-13(19)9-7-12)18-16(20)15(17)14-3-2-10-21-14/h2-3,6-11,15,19H,4-5,17H2,1H3,(H,18,20). The van der Waals surface area contributed by atoms with Gasteiger partial charge in [-0.15, -0.1) is 11.3 Å². The van der Waals surface area contributed by atoms with Gasteiger partial charge in [-0.3, -0.25) is 4.79 Å². The number of nitrogens with one attached hydrogen (secondary N) is 1. The first-order valence-corrected chi connectivity index (χ1v) is 7.81. The number of carbonyl (C=O) groups excluding carboxylic acids is 1. The lowest BCUT2D eigenvalue weighted by Crippen LogP contribution is -2.39. The molecule has 0 bridgehead atoms. The summed E-state index contributed by atoms with van der Waals surface area (Å²) in [5, 5.41) is 14.1. The molecule has 112 valence electrons. The van der Waals surface area contributed by atoms with E-state index in [0.29, 0.717) is 0 Å².